The summed E-state index contributed by atoms with van der Waals surface area (Å²) in [6.45, 7) is 0.342. The van der Waals surface area contributed by atoms with E-state index in [1.54, 1.807) is 11.0 Å². The number of carbonyl (C=O) groups is 4. The number of rotatable bonds is 5. The van der Waals surface area contributed by atoms with Crippen molar-refractivity contribution in [2.24, 2.45) is 5.92 Å². The van der Waals surface area contributed by atoms with Gasteiger partial charge < -0.3 is 4.90 Å². The molecule has 2 heterocycles. The van der Waals surface area contributed by atoms with E-state index in [4.69, 9.17) is 0 Å². The highest BCUT2D eigenvalue weighted by Crippen LogP contribution is 2.34. The van der Waals surface area contributed by atoms with Gasteiger partial charge in [-0.3, -0.25) is 24.5 Å². The maximum atomic E-state index is 12.8. The van der Waals surface area contributed by atoms with Crippen molar-refractivity contribution in [3.63, 3.8) is 0 Å². The number of amides is 3. The molecule has 2 fully saturated rings. The van der Waals surface area contributed by atoms with Gasteiger partial charge in [-0.2, -0.15) is 0 Å². The molecule has 6 nitrogen and oxygen atoms in total. The largest absolute Gasteiger partial charge is 0.322 e. The first-order chi connectivity index (χ1) is 14.5. The van der Waals surface area contributed by atoms with Crippen molar-refractivity contribution in [1.29, 1.82) is 0 Å². The van der Waals surface area contributed by atoms with E-state index in [1.165, 1.54) is 0 Å². The van der Waals surface area contributed by atoms with Crippen molar-refractivity contribution >= 4 is 23.5 Å². The lowest BCUT2D eigenvalue weighted by Gasteiger charge is -2.29. The van der Waals surface area contributed by atoms with Crippen LogP contribution in [0.15, 0.2) is 42.5 Å². The smallest absolute Gasteiger partial charge is 0.255 e. The standard InChI is InChI=1S/C24H22N2O4/c27-21(10-14-4-5-14)17-3-1-2-15(11-17)16-6-7-19-18(12-16)13-26(24(19)30)20-8-9-22(28)25-23(20)29/h1-3,6-7,11-12,14,20H,4-5,8-10,13H2,(H,25,28,29). The zero-order chi connectivity index (χ0) is 20.8. The molecule has 1 N–H and O–H groups in total. The molecule has 2 aromatic carbocycles. The van der Waals surface area contributed by atoms with Crippen molar-refractivity contribution in [3.05, 3.63) is 59.2 Å². The average Bonchev–Trinajstić information content (AvgIpc) is 3.50. The molecule has 30 heavy (non-hydrogen) atoms. The molecule has 1 saturated heterocycles. The summed E-state index contributed by atoms with van der Waals surface area (Å²) in [7, 11) is 0. The van der Waals surface area contributed by atoms with Gasteiger partial charge in [0.2, 0.25) is 11.8 Å². The number of benzene rings is 2. The van der Waals surface area contributed by atoms with Crippen LogP contribution in [0, 0.1) is 5.92 Å². The van der Waals surface area contributed by atoms with E-state index < -0.39 is 11.9 Å². The minimum absolute atomic E-state index is 0.180. The summed E-state index contributed by atoms with van der Waals surface area (Å²) < 4.78 is 0. The van der Waals surface area contributed by atoms with Crippen molar-refractivity contribution in [1.82, 2.24) is 10.2 Å². The number of carbonyl (C=O) groups excluding carboxylic acids is 4. The summed E-state index contributed by atoms with van der Waals surface area (Å²) in [6.07, 6.45) is 3.50. The van der Waals surface area contributed by atoms with Gasteiger partial charge in [0.05, 0.1) is 0 Å². The first-order valence-electron chi connectivity index (χ1n) is 10.4. The first kappa shape index (κ1) is 18.7. The molecule has 6 heteroatoms. The van der Waals surface area contributed by atoms with Crippen LogP contribution in [0.4, 0.5) is 0 Å². The Balaban J connectivity index is 1.39. The summed E-state index contributed by atoms with van der Waals surface area (Å²) in [5.41, 5.74) is 4.04. The fraction of sp³-hybridized carbons (Fsp3) is 0.333. The van der Waals surface area contributed by atoms with Crippen molar-refractivity contribution in [2.45, 2.75) is 44.7 Å². The maximum Gasteiger partial charge on any atom is 0.255 e. The fourth-order valence-electron chi connectivity index (χ4n) is 4.33. The number of imide groups is 1. The number of fused-ring (bicyclic) bond motifs is 1. The van der Waals surface area contributed by atoms with Gasteiger partial charge in [0.1, 0.15) is 6.04 Å². The maximum absolute atomic E-state index is 12.8. The van der Waals surface area contributed by atoms with Crippen LogP contribution in [-0.4, -0.2) is 34.4 Å². The van der Waals surface area contributed by atoms with Crippen LogP contribution in [0.2, 0.25) is 0 Å². The van der Waals surface area contributed by atoms with E-state index in [0.717, 1.165) is 35.1 Å². The molecule has 5 rings (SSSR count). The summed E-state index contributed by atoms with van der Waals surface area (Å²) in [5, 5.41) is 2.32. The summed E-state index contributed by atoms with van der Waals surface area (Å²) in [4.78, 5) is 50.5. The SMILES string of the molecule is O=C1CCC(N2Cc3cc(-c4cccc(C(=O)CC5CC5)c4)ccc3C2=O)C(=O)N1. The number of piperidine rings is 1. The van der Waals surface area contributed by atoms with E-state index in [9.17, 15) is 19.2 Å². The van der Waals surface area contributed by atoms with E-state index in [1.807, 2.05) is 36.4 Å². The topological polar surface area (TPSA) is 83.6 Å². The van der Waals surface area contributed by atoms with E-state index in [0.29, 0.717) is 30.9 Å². The molecule has 152 valence electrons. The zero-order valence-electron chi connectivity index (χ0n) is 16.5. The van der Waals surface area contributed by atoms with Gasteiger partial charge in [-0.05, 0) is 60.1 Å². The Bertz CT molecular complexity index is 1090. The molecular weight excluding hydrogens is 380 g/mol. The number of nitrogens with one attached hydrogen (secondary N) is 1. The highest BCUT2D eigenvalue weighted by molar-refractivity contribution is 6.05. The third kappa shape index (κ3) is 3.43. The van der Waals surface area contributed by atoms with Gasteiger partial charge in [-0.1, -0.05) is 24.3 Å². The molecule has 0 spiro atoms. The highest BCUT2D eigenvalue weighted by Gasteiger charge is 2.39. The second-order valence-corrected chi connectivity index (χ2v) is 8.42. The normalized spacial score (nSPS) is 20.9. The van der Waals surface area contributed by atoms with Gasteiger partial charge in [-0.15, -0.1) is 0 Å². The van der Waals surface area contributed by atoms with Gasteiger partial charge in [0.25, 0.3) is 5.91 Å². The Kier molecular flexibility index (Phi) is 4.50. The molecule has 3 amide bonds. The minimum Gasteiger partial charge on any atom is -0.322 e. The molecule has 1 atom stereocenters. The molecule has 3 aliphatic rings. The van der Waals surface area contributed by atoms with Crippen molar-refractivity contribution in [2.75, 3.05) is 0 Å². The van der Waals surface area contributed by atoms with Crippen LogP contribution >= 0.6 is 0 Å². The Morgan fingerprint density at radius 2 is 1.80 bits per heavy atom. The third-order valence-corrected chi connectivity index (χ3v) is 6.21. The zero-order valence-corrected chi connectivity index (χ0v) is 16.5. The average molecular weight is 402 g/mol. The molecular formula is C24H22N2O4. The van der Waals surface area contributed by atoms with Crippen LogP contribution in [0.1, 0.15) is 58.4 Å². The molecule has 2 aromatic rings. The fourth-order valence-corrected chi connectivity index (χ4v) is 4.33. The molecule has 1 unspecified atom stereocenters. The van der Waals surface area contributed by atoms with Crippen LogP contribution < -0.4 is 5.32 Å². The number of Topliss-reactive ketones (excluding diaryl/α,β-unsaturated/α-hetero) is 1. The number of hydrogen-bond donors (Lipinski definition) is 1. The predicted octanol–water partition coefficient (Wildman–Crippen LogP) is 3.10. The van der Waals surface area contributed by atoms with Crippen LogP contribution in [0.5, 0.6) is 0 Å². The molecule has 1 aliphatic carbocycles. The monoisotopic (exact) mass is 402 g/mol. The lowest BCUT2D eigenvalue weighted by Crippen LogP contribution is -2.52. The Labute approximate surface area is 174 Å². The second kappa shape index (κ2) is 7.20. The van der Waals surface area contributed by atoms with Gasteiger partial charge >= 0.3 is 0 Å². The number of hydrogen-bond acceptors (Lipinski definition) is 4. The lowest BCUT2D eigenvalue weighted by molar-refractivity contribution is -0.136. The summed E-state index contributed by atoms with van der Waals surface area (Å²) >= 11 is 0. The van der Waals surface area contributed by atoms with Crippen LogP contribution in [0.25, 0.3) is 11.1 Å². The first-order valence-corrected chi connectivity index (χ1v) is 10.4. The third-order valence-electron chi connectivity index (χ3n) is 6.21. The van der Waals surface area contributed by atoms with Gasteiger partial charge in [0.15, 0.2) is 5.78 Å². The quantitative estimate of drug-likeness (QED) is 0.615. The van der Waals surface area contributed by atoms with Gasteiger partial charge in [-0.25, -0.2) is 0 Å². The van der Waals surface area contributed by atoms with Crippen LogP contribution in [0.3, 0.4) is 0 Å². The molecule has 0 bridgehead atoms. The van der Waals surface area contributed by atoms with Crippen LogP contribution in [-0.2, 0) is 16.1 Å². The molecule has 1 saturated carbocycles. The summed E-state index contributed by atoms with van der Waals surface area (Å²) in [6, 6.07) is 12.6. The van der Waals surface area contributed by atoms with Gasteiger partial charge in [0, 0.05) is 30.5 Å². The highest BCUT2D eigenvalue weighted by atomic mass is 16.2. The van der Waals surface area contributed by atoms with E-state index in [-0.39, 0.29) is 24.0 Å². The molecule has 0 radical (unpaired) electrons. The predicted molar refractivity (Wildman–Crippen MR) is 110 cm³/mol. The van der Waals surface area contributed by atoms with Crippen molar-refractivity contribution in [3.8, 4) is 11.1 Å². The Morgan fingerprint density at radius 1 is 1.00 bits per heavy atom. The minimum atomic E-state index is -0.616. The summed E-state index contributed by atoms with van der Waals surface area (Å²) in [5.74, 6) is -0.155. The molecule has 2 aliphatic heterocycles. The van der Waals surface area contributed by atoms with E-state index >= 15 is 0 Å². The number of nitrogens with zero attached hydrogens (tertiary/aromatic N) is 1. The Hall–Kier alpha value is -3.28. The van der Waals surface area contributed by atoms with Crippen molar-refractivity contribution < 1.29 is 19.2 Å². The number of ketones is 1. The Morgan fingerprint density at radius 3 is 2.57 bits per heavy atom. The lowest BCUT2D eigenvalue weighted by atomic mass is 9.97. The van der Waals surface area contributed by atoms with E-state index in [2.05, 4.69) is 5.32 Å². The second-order valence-electron chi connectivity index (χ2n) is 8.42. The molecule has 0 aromatic heterocycles.